The van der Waals surface area contributed by atoms with E-state index in [4.69, 9.17) is 9.72 Å². The topological polar surface area (TPSA) is 64.1 Å². The Hall–Kier alpha value is -1.49. The molecule has 0 atom stereocenters. The zero-order valence-corrected chi connectivity index (χ0v) is 12.7. The van der Waals surface area contributed by atoms with Gasteiger partial charge in [-0.15, -0.1) is 0 Å². The minimum atomic E-state index is -0.343. The van der Waals surface area contributed by atoms with Crippen molar-refractivity contribution >= 4 is 5.97 Å². The quantitative estimate of drug-likeness (QED) is 0.848. The minimum Gasteiger partial charge on any atom is -0.464 e. The number of nitrogens with zero attached hydrogens (tertiary/aromatic N) is 2. The van der Waals surface area contributed by atoms with Gasteiger partial charge in [0.1, 0.15) is 5.82 Å². The maximum absolute atomic E-state index is 12.0. The molecule has 1 aromatic heterocycles. The largest absolute Gasteiger partial charge is 0.464 e. The van der Waals surface area contributed by atoms with Crippen molar-refractivity contribution in [1.82, 2.24) is 15.3 Å². The highest BCUT2D eigenvalue weighted by Gasteiger charge is 2.26. The Labute approximate surface area is 125 Å². The van der Waals surface area contributed by atoms with Crippen LogP contribution in [0.3, 0.4) is 0 Å². The lowest BCUT2D eigenvalue weighted by atomic mass is 9.90. The van der Waals surface area contributed by atoms with E-state index in [9.17, 15) is 4.79 Å². The molecule has 1 aromatic rings. The molecule has 5 heteroatoms. The van der Waals surface area contributed by atoms with Crippen molar-refractivity contribution in [2.45, 2.75) is 64.0 Å². The minimum absolute atomic E-state index is 0.343. The number of methoxy groups -OCH3 is 1. The summed E-state index contributed by atoms with van der Waals surface area (Å²) in [6.45, 7) is 1.38. The molecule has 1 aliphatic heterocycles. The van der Waals surface area contributed by atoms with E-state index in [0.29, 0.717) is 18.2 Å². The molecule has 0 saturated heterocycles. The van der Waals surface area contributed by atoms with Crippen LogP contribution >= 0.6 is 0 Å². The van der Waals surface area contributed by atoms with E-state index in [1.54, 1.807) is 0 Å². The molecular weight excluding hydrogens is 266 g/mol. The van der Waals surface area contributed by atoms with Gasteiger partial charge in [0.25, 0.3) is 0 Å². The van der Waals surface area contributed by atoms with Gasteiger partial charge < -0.3 is 10.1 Å². The van der Waals surface area contributed by atoms with Crippen LogP contribution in [0.15, 0.2) is 0 Å². The normalized spacial score (nSPS) is 19.7. The van der Waals surface area contributed by atoms with Crippen LogP contribution in [0, 0.1) is 0 Å². The molecule has 2 aliphatic rings. The monoisotopic (exact) mass is 289 g/mol. The summed E-state index contributed by atoms with van der Waals surface area (Å²) in [6.07, 6.45) is 8.67. The molecule has 1 N–H and O–H groups in total. The standard InChI is InChI=1S/C16H23N3O2/c1-21-16(20)14-12-9-17-10-13(12)18-15(19-14)11-7-5-3-2-4-6-8-11/h11,17H,2-10H2,1H3. The number of rotatable bonds is 2. The summed E-state index contributed by atoms with van der Waals surface area (Å²) in [5.41, 5.74) is 2.35. The van der Waals surface area contributed by atoms with Gasteiger partial charge in [0.15, 0.2) is 5.69 Å². The first-order chi connectivity index (χ1) is 10.3. The van der Waals surface area contributed by atoms with Gasteiger partial charge in [0.2, 0.25) is 0 Å². The van der Waals surface area contributed by atoms with E-state index >= 15 is 0 Å². The smallest absolute Gasteiger partial charge is 0.357 e. The Bertz CT molecular complexity index is 522. The Morgan fingerprint density at radius 2 is 1.81 bits per heavy atom. The summed E-state index contributed by atoms with van der Waals surface area (Å²) in [5, 5.41) is 3.25. The first-order valence-electron chi connectivity index (χ1n) is 7.98. The summed E-state index contributed by atoms with van der Waals surface area (Å²) in [7, 11) is 1.41. The van der Waals surface area contributed by atoms with Gasteiger partial charge in [-0.3, -0.25) is 0 Å². The first kappa shape index (κ1) is 14.4. The SMILES string of the molecule is COC(=O)c1nc(C2CCCCCCC2)nc2c1CNC2. The van der Waals surface area contributed by atoms with Gasteiger partial charge in [-0.05, 0) is 12.8 Å². The molecule has 0 spiro atoms. The second kappa shape index (κ2) is 6.52. The molecule has 1 saturated carbocycles. The van der Waals surface area contributed by atoms with E-state index in [1.165, 1.54) is 39.2 Å². The number of hydrogen-bond acceptors (Lipinski definition) is 5. The number of aromatic nitrogens is 2. The number of fused-ring (bicyclic) bond motifs is 1. The summed E-state index contributed by atoms with van der Waals surface area (Å²) >= 11 is 0. The maximum atomic E-state index is 12.0. The van der Waals surface area contributed by atoms with Crippen LogP contribution in [-0.2, 0) is 17.8 Å². The highest BCUT2D eigenvalue weighted by atomic mass is 16.5. The molecule has 3 rings (SSSR count). The Balaban J connectivity index is 1.92. The van der Waals surface area contributed by atoms with Crippen LogP contribution in [0.25, 0.3) is 0 Å². The average Bonchev–Trinajstić information content (AvgIpc) is 2.93. The lowest BCUT2D eigenvalue weighted by molar-refractivity contribution is 0.0592. The van der Waals surface area contributed by atoms with Crippen molar-refractivity contribution in [3.63, 3.8) is 0 Å². The predicted octanol–water partition coefficient (Wildman–Crippen LogP) is 2.69. The van der Waals surface area contributed by atoms with Crippen LogP contribution in [-0.4, -0.2) is 23.0 Å². The van der Waals surface area contributed by atoms with Gasteiger partial charge in [-0.2, -0.15) is 0 Å². The zero-order chi connectivity index (χ0) is 14.7. The molecule has 0 amide bonds. The van der Waals surface area contributed by atoms with Crippen molar-refractivity contribution in [2.24, 2.45) is 0 Å². The second-order valence-electron chi connectivity index (χ2n) is 5.99. The molecule has 0 bridgehead atoms. The number of esters is 1. The molecule has 0 unspecified atom stereocenters. The van der Waals surface area contributed by atoms with E-state index in [-0.39, 0.29) is 5.97 Å². The predicted molar refractivity (Wildman–Crippen MR) is 79.0 cm³/mol. The molecule has 0 radical (unpaired) electrons. The van der Waals surface area contributed by atoms with E-state index < -0.39 is 0 Å². The molecule has 1 fully saturated rings. The third-order valence-corrected chi connectivity index (χ3v) is 4.55. The lowest BCUT2D eigenvalue weighted by Crippen LogP contribution is -2.16. The van der Waals surface area contributed by atoms with Crippen LogP contribution in [0.4, 0.5) is 0 Å². The molecular formula is C16H23N3O2. The number of hydrogen-bond donors (Lipinski definition) is 1. The fourth-order valence-electron chi connectivity index (χ4n) is 3.35. The third kappa shape index (κ3) is 3.07. The first-order valence-corrected chi connectivity index (χ1v) is 7.98. The van der Waals surface area contributed by atoms with Crippen LogP contribution in [0.2, 0.25) is 0 Å². The van der Waals surface area contributed by atoms with Crippen LogP contribution < -0.4 is 5.32 Å². The van der Waals surface area contributed by atoms with Crippen molar-refractivity contribution in [2.75, 3.05) is 7.11 Å². The second-order valence-corrected chi connectivity index (χ2v) is 5.99. The van der Waals surface area contributed by atoms with Crippen molar-refractivity contribution < 1.29 is 9.53 Å². The summed E-state index contributed by atoms with van der Waals surface area (Å²) in [6, 6.07) is 0. The Morgan fingerprint density at radius 1 is 1.10 bits per heavy atom. The average molecular weight is 289 g/mol. The summed E-state index contributed by atoms with van der Waals surface area (Å²) in [4.78, 5) is 21.3. The lowest BCUT2D eigenvalue weighted by Gasteiger charge is -2.19. The molecule has 114 valence electrons. The van der Waals surface area contributed by atoms with Gasteiger partial charge >= 0.3 is 5.97 Å². The fourth-order valence-corrected chi connectivity index (χ4v) is 3.35. The number of carbonyl (C=O) groups is 1. The number of nitrogens with one attached hydrogen (secondary N) is 1. The number of carbonyl (C=O) groups excluding carboxylic acids is 1. The molecule has 2 heterocycles. The van der Waals surface area contributed by atoms with E-state index in [2.05, 4.69) is 10.3 Å². The van der Waals surface area contributed by atoms with Crippen LogP contribution in [0.5, 0.6) is 0 Å². The van der Waals surface area contributed by atoms with Gasteiger partial charge in [0.05, 0.1) is 12.8 Å². The molecule has 0 aromatic carbocycles. The van der Waals surface area contributed by atoms with Crippen molar-refractivity contribution in [3.05, 3.63) is 22.8 Å². The molecule has 5 nitrogen and oxygen atoms in total. The summed E-state index contributed by atoms with van der Waals surface area (Å²) in [5.74, 6) is 0.892. The van der Waals surface area contributed by atoms with Crippen molar-refractivity contribution in [3.8, 4) is 0 Å². The van der Waals surface area contributed by atoms with Gasteiger partial charge in [-0.25, -0.2) is 14.8 Å². The number of ether oxygens (including phenoxy) is 1. The maximum Gasteiger partial charge on any atom is 0.357 e. The third-order valence-electron chi connectivity index (χ3n) is 4.55. The Kier molecular flexibility index (Phi) is 4.48. The highest BCUT2D eigenvalue weighted by Crippen LogP contribution is 2.30. The Morgan fingerprint density at radius 3 is 2.52 bits per heavy atom. The fraction of sp³-hybridized carbons (Fsp3) is 0.688. The van der Waals surface area contributed by atoms with Crippen molar-refractivity contribution in [1.29, 1.82) is 0 Å². The summed E-state index contributed by atoms with van der Waals surface area (Å²) < 4.78 is 4.89. The molecule has 1 aliphatic carbocycles. The molecule has 21 heavy (non-hydrogen) atoms. The van der Waals surface area contributed by atoms with E-state index in [1.807, 2.05) is 0 Å². The zero-order valence-electron chi connectivity index (χ0n) is 12.7. The van der Waals surface area contributed by atoms with Crippen LogP contribution in [0.1, 0.15) is 78.4 Å². The van der Waals surface area contributed by atoms with E-state index in [0.717, 1.165) is 36.5 Å². The highest BCUT2D eigenvalue weighted by molar-refractivity contribution is 5.89. The van der Waals surface area contributed by atoms with Gasteiger partial charge in [-0.1, -0.05) is 32.1 Å². The van der Waals surface area contributed by atoms with Gasteiger partial charge in [0, 0.05) is 24.6 Å².